The molecule has 7 heteroatoms. The fourth-order valence-corrected chi connectivity index (χ4v) is 5.07. The molecular weight excluding hydrogens is 300 g/mol. The molecule has 2 heterocycles. The second-order valence-electron chi connectivity index (χ2n) is 5.99. The van der Waals surface area contributed by atoms with Crippen molar-refractivity contribution in [1.82, 2.24) is 13.9 Å². The first kappa shape index (κ1) is 15.9. The van der Waals surface area contributed by atoms with Gasteiger partial charge in [0.15, 0.2) is 0 Å². The Kier molecular flexibility index (Phi) is 4.79. The van der Waals surface area contributed by atoms with Gasteiger partial charge in [-0.3, -0.25) is 0 Å². The van der Waals surface area contributed by atoms with Gasteiger partial charge in [-0.1, -0.05) is 30.3 Å². The van der Waals surface area contributed by atoms with E-state index in [1.807, 2.05) is 18.2 Å². The summed E-state index contributed by atoms with van der Waals surface area (Å²) >= 11 is 0. The fraction of sp³-hybridized carbons (Fsp3) is 0.600. The van der Waals surface area contributed by atoms with Crippen LogP contribution in [0.15, 0.2) is 30.3 Å². The average molecular weight is 324 g/mol. The predicted molar refractivity (Wildman–Crippen MR) is 86.7 cm³/mol. The summed E-state index contributed by atoms with van der Waals surface area (Å²) in [6, 6.07) is 10.1. The summed E-state index contributed by atoms with van der Waals surface area (Å²) in [4.78, 5) is 0. The minimum atomic E-state index is -3.37. The zero-order valence-electron chi connectivity index (χ0n) is 12.7. The van der Waals surface area contributed by atoms with Crippen LogP contribution in [0.4, 0.5) is 0 Å². The molecule has 22 heavy (non-hydrogen) atoms. The summed E-state index contributed by atoms with van der Waals surface area (Å²) in [7, 11) is -3.37. The van der Waals surface area contributed by atoms with Gasteiger partial charge in [0, 0.05) is 45.2 Å². The van der Waals surface area contributed by atoms with Gasteiger partial charge in [0.2, 0.25) is 0 Å². The third-order valence-corrected chi connectivity index (χ3v) is 6.63. The Morgan fingerprint density at radius 2 is 1.77 bits per heavy atom. The van der Waals surface area contributed by atoms with E-state index < -0.39 is 10.2 Å². The number of piperazine rings is 1. The van der Waals surface area contributed by atoms with Crippen LogP contribution in [0.2, 0.25) is 0 Å². The second kappa shape index (κ2) is 6.64. The molecule has 1 aromatic carbocycles. The first-order valence-electron chi connectivity index (χ1n) is 7.84. The summed E-state index contributed by atoms with van der Waals surface area (Å²) < 4.78 is 28.8. The summed E-state index contributed by atoms with van der Waals surface area (Å²) in [6.07, 6.45) is 0. The standard InChI is InChI=1S/C15H24N4O2S/c16-10-14-11-19(12-15(14)13-4-2-1-3-5-13)22(20,21)18-8-6-17-7-9-18/h1-5,14-15,17H,6-12,16H2/t14-,15+/m1/s1. The van der Waals surface area contributed by atoms with Gasteiger partial charge in [-0.05, 0) is 18.0 Å². The van der Waals surface area contributed by atoms with E-state index in [9.17, 15) is 8.42 Å². The van der Waals surface area contributed by atoms with Crippen LogP contribution in [-0.4, -0.2) is 62.8 Å². The summed E-state index contributed by atoms with van der Waals surface area (Å²) in [5, 5.41) is 3.19. The maximum atomic E-state index is 12.8. The summed E-state index contributed by atoms with van der Waals surface area (Å²) in [5.74, 6) is 0.365. The lowest BCUT2D eigenvalue weighted by Gasteiger charge is -2.30. The Labute approximate surface area is 132 Å². The highest BCUT2D eigenvalue weighted by molar-refractivity contribution is 7.86. The van der Waals surface area contributed by atoms with E-state index in [1.165, 1.54) is 5.56 Å². The van der Waals surface area contributed by atoms with Crippen molar-refractivity contribution in [3.63, 3.8) is 0 Å². The van der Waals surface area contributed by atoms with Crippen LogP contribution in [0, 0.1) is 5.92 Å². The Bertz CT molecular complexity index is 587. The highest BCUT2D eigenvalue weighted by atomic mass is 32.2. The van der Waals surface area contributed by atoms with Crippen LogP contribution < -0.4 is 11.1 Å². The zero-order valence-corrected chi connectivity index (χ0v) is 13.5. The summed E-state index contributed by atoms with van der Waals surface area (Å²) in [6.45, 7) is 4.07. The zero-order chi connectivity index (χ0) is 15.6. The minimum Gasteiger partial charge on any atom is -0.330 e. The van der Waals surface area contributed by atoms with Gasteiger partial charge in [-0.25, -0.2) is 0 Å². The Hall–Kier alpha value is -0.990. The molecule has 0 unspecified atom stereocenters. The van der Waals surface area contributed by atoms with Crippen LogP contribution in [0.3, 0.4) is 0 Å². The molecule has 2 fully saturated rings. The monoisotopic (exact) mass is 324 g/mol. The Morgan fingerprint density at radius 1 is 1.09 bits per heavy atom. The van der Waals surface area contributed by atoms with Gasteiger partial charge < -0.3 is 11.1 Å². The van der Waals surface area contributed by atoms with Gasteiger partial charge in [-0.2, -0.15) is 17.0 Å². The molecule has 2 aliphatic heterocycles. The first-order chi connectivity index (χ1) is 10.6. The van der Waals surface area contributed by atoms with Gasteiger partial charge in [-0.15, -0.1) is 0 Å². The normalized spacial score (nSPS) is 28.0. The molecule has 0 saturated carbocycles. The maximum absolute atomic E-state index is 12.8. The van der Waals surface area contributed by atoms with Gasteiger partial charge >= 0.3 is 0 Å². The second-order valence-corrected chi connectivity index (χ2v) is 7.92. The number of nitrogens with two attached hydrogens (primary N) is 1. The minimum absolute atomic E-state index is 0.181. The SMILES string of the molecule is NC[C@@H]1CN(S(=O)(=O)N2CCNCC2)C[C@H]1c1ccccc1. The number of hydrogen-bond acceptors (Lipinski definition) is 4. The molecule has 0 radical (unpaired) electrons. The molecule has 2 saturated heterocycles. The van der Waals surface area contributed by atoms with Crippen molar-refractivity contribution >= 4 is 10.2 Å². The molecule has 6 nitrogen and oxygen atoms in total. The smallest absolute Gasteiger partial charge is 0.282 e. The quantitative estimate of drug-likeness (QED) is 0.805. The molecule has 1 aromatic rings. The van der Waals surface area contributed by atoms with Gasteiger partial charge in [0.05, 0.1) is 0 Å². The Morgan fingerprint density at radius 3 is 2.41 bits per heavy atom. The van der Waals surface area contributed by atoms with Crippen molar-refractivity contribution in [3.8, 4) is 0 Å². The van der Waals surface area contributed by atoms with Crippen molar-refractivity contribution in [1.29, 1.82) is 0 Å². The summed E-state index contributed by atoms with van der Waals surface area (Å²) in [5.41, 5.74) is 7.08. The van der Waals surface area contributed by atoms with Gasteiger partial charge in [0.25, 0.3) is 10.2 Å². The first-order valence-corrected chi connectivity index (χ1v) is 9.23. The number of rotatable bonds is 4. The lowest BCUT2D eigenvalue weighted by Crippen LogP contribution is -2.51. The van der Waals surface area contributed by atoms with Crippen LogP contribution in [0.1, 0.15) is 11.5 Å². The van der Waals surface area contributed by atoms with E-state index in [0.717, 1.165) is 13.1 Å². The third kappa shape index (κ3) is 3.04. The number of nitrogens with one attached hydrogen (secondary N) is 1. The van der Waals surface area contributed by atoms with Gasteiger partial charge in [0.1, 0.15) is 0 Å². The number of benzene rings is 1. The van der Waals surface area contributed by atoms with E-state index in [-0.39, 0.29) is 11.8 Å². The van der Waals surface area contributed by atoms with Crippen molar-refractivity contribution in [3.05, 3.63) is 35.9 Å². The van der Waals surface area contributed by atoms with E-state index in [4.69, 9.17) is 5.73 Å². The number of hydrogen-bond donors (Lipinski definition) is 2. The fourth-order valence-electron chi connectivity index (χ4n) is 3.38. The largest absolute Gasteiger partial charge is 0.330 e. The molecule has 0 bridgehead atoms. The predicted octanol–water partition coefficient (Wildman–Crippen LogP) is -0.189. The van der Waals surface area contributed by atoms with Crippen LogP contribution >= 0.6 is 0 Å². The highest BCUT2D eigenvalue weighted by Crippen LogP contribution is 2.34. The van der Waals surface area contributed by atoms with Crippen molar-refractivity contribution in [2.45, 2.75) is 5.92 Å². The Balaban J connectivity index is 1.79. The van der Waals surface area contributed by atoms with Crippen LogP contribution in [0.25, 0.3) is 0 Å². The molecule has 3 N–H and O–H groups in total. The lowest BCUT2D eigenvalue weighted by atomic mass is 9.89. The van der Waals surface area contributed by atoms with Crippen molar-refractivity contribution in [2.24, 2.45) is 11.7 Å². The van der Waals surface area contributed by atoms with Crippen LogP contribution in [0.5, 0.6) is 0 Å². The topological polar surface area (TPSA) is 78.7 Å². The molecule has 0 spiro atoms. The van der Waals surface area contributed by atoms with E-state index >= 15 is 0 Å². The lowest BCUT2D eigenvalue weighted by molar-refractivity contribution is 0.324. The van der Waals surface area contributed by atoms with Crippen molar-refractivity contribution in [2.75, 3.05) is 45.8 Å². The molecule has 3 rings (SSSR count). The van der Waals surface area contributed by atoms with E-state index in [0.29, 0.717) is 32.7 Å². The molecule has 2 aliphatic rings. The molecule has 0 amide bonds. The van der Waals surface area contributed by atoms with E-state index in [1.54, 1.807) is 8.61 Å². The third-order valence-electron chi connectivity index (χ3n) is 4.67. The molecule has 0 aliphatic carbocycles. The molecule has 0 aromatic heterocycles. The molecule has 122 valence electrons. The molecule has 2 atom stereocenters. The maximum Gasteiger partial charge on any atom is 0.282 e. The highest BCUT2D eigenvalue weighted by Gasteiger charge is 2.41. The van der Waals surface area contributed by atoms with Crippen molar-refractivity contribution < 1.29 is 8.42 Å². The average Bonchev–Trinajstić information content (AvgIpc) is 3.01. The number of nitrogens with zero attached hydrogens (tertiary/aromatic N) is 2. The molecular formula is C15H24N4O2S. The van der Waals surface area contributed by atoms with Crippen LogP contribution in [-0.2, 0) is 10.2 Å². The van der Waals surface area contributed by atoms with E-state index in [2.05, 4.69) is 17.4 Å².